The van der Waals surface area contributed by atoms with Crippen LogP contribution in [0, 0.1) is 0 Å². The minimum atomic E-state index is -0.279. The van der Waals surface area contributed by atoms with E-state index in [0.29, 0.717) is 35.1 Å². The molecule has 1 heterocycles. The Labute approximate surface area is 169 Å². The summed E-state index contributed by atoms with van der Waals surface area (Å²) in [6.07, 6.45) is 1.60. The number of methoxy groups -OCH3 is 3. The minimum Gasteiger partial charge on any atom is -0.497 e. The number of amides is 1. The van der Waals surface area contributed by atoms with Crippen molar-refractivity contribution in [1.29, 1.82) is 0 Å². The van der Waals surface area contributed by atoms with E-state index in [1.165, 1.54) is 14.2 Å². The molecule has 0 atom stereocenters. The van der Waals surface area contributed by atoms with Crippen molar-refractivity contribution in [2.75, 3.05) is 32.0 Å². The molecule has 0 aliphatic heterocycles. The Hall–Kier alpha value is -3.74. The van der Waals surface area contributed by atoms with Crippen molar-refractivity contribution in [3.05, 3.63) is 71.9 Å². The number of benzene rings is 2. The van der Waals surface area contributed by atoms with Crippen LogP contribution in [0.25, 0.3) is 0 Å². The average Bonchev–Trinajstić information content (AvgIpc) is 2.78. The van der Waals surface area contributed by atoms with E-state index in [1.807, 2.05) is 24.3 Å². The monoisotopic (exact) mass is 393 g/mol. The van der Waals surface area contributed by atoms with E-state index in [2.05, 4.69) is 15.6 Å². The lowest BCUT2D eigenvalue weighted by molar-refractivity contribution is 0.102. The molecular weight excluding hydrogens is 370 g/mol. The van der Waals surface area contributed by atoms with Crippen LogP contribution < -0.4 is 24.8 Å². The molecule has 1 aromatic heterocycles. The molecule has 3 aromatic rings. The van der Waals surface area contributed by atoms with Crippen LogP contribution >= 0.6 is 0 Å². The smallest absolute Gasteiger partial charge is 0.255 e. The van der Waals surface area contributed by atoms with Gasteiger partial charge in [-0.05, 0) is 30.3 Å². The molecule has 7 heteroatoms. The Morgan fingerprint density at radius 1 is 0.931 bits per heavy atom. The standard InChI is InChI=1S/C22H23N3O4/c1-27-18-10-16(11-19(12-18)28-2)22(26)25-17-8-9-21(24-14-17)23-13-15-6-4-5-7-20(15)29-3/h4-12,14H,13H2,1-3H3,(H,23,24)(H,25,26). The van der Waals surface area contributed by atoms with E-state index >= 15 is 0 Å². The van der Waals surface area contributed by atoms with Crippen LogP contribution in [0.2, 0.25) is 0 Å². The summed E-state index contributed by atoms with van der Waals surface area (Å²) in [6.45, 7) is 0.576. The number of carbonyl (C=O) groups excluding carboxylic acids is 1. The number of pyridine rings is 1. The summed E-state index contributed by atoms with van der Waals surface area (Å²) in [5.74, 6) is 2.32. The average molecular weight is 393 g/mol. The van der Waals surface area contributed by atoms with Gasteiger partial charge in [0.2, 0.25) is 0 Å². The molecule has 0 spiro atoms. The van der Waals surface area contributed by atoms with Gasteiger partial charge in [0.1, 0.15) is 23.1 Å². The maximum atomic E-state index is 12.5. The van der Waals surface area contributed by atoms with E-state index < -0.39 is 0 Å². The van der Waals surface area contributed by atoms with Crippen LogP contribution in [0.5, 0.6) is 17.2 Å². The van der Waals surface area contributed by atoms with Crippen molar-refractivity contribution in [1.82, 2.24) is 4.98 Å². The number of rotatable bonds is 8. The molecule has 1 amide bonds. The largest absolute Gasteiger partial charge is 0.497 e. The summed E-state index contributed by atoms with van der Waals surface area (Å²) in [7, 11) is 4.72. The maximum absolute atomic E-state index is 12.5. The summed E-state index contributed by atoms with van der Waals surface area (Å²) in [6, 6.07) is 16.4. The van der Waals surface area contributed by atoms with Crippen molar-refractivity contribution in [2.24, 2.45) is 0 Å². The molecule has 0 saturated heterocycles. The minimum absolute atomic E-state index is 0.279. The number of hydrogen-bond donors (Lipinski definition) is 2. The van der Waals surface area contributed by atoms with Gasteiger partial charge in [0.05, 0.1) is 33.2 Å². The Kier molecular flexibility index (Phi) is 6.52. The molecule has 0 aliphatic carbocycles. The Morgan fingerprint density at radius 2 is 1.66 bits per heavy atom. The van der Waals surface area contributed by atoms with Gasteiger partial charge in [0.15, 0.2) is 0 Å². The number of carbonyl (C=O) groups is 1. The number of ether oxygens (including phenoxy) is 3. The molecule has 2 aromatic carbocycles. The van der Waals surface area contributed by atoms with Crippen molar-refractivity contribution < 1.29 is 19.0 Å². The third-order valence-electron chi connectivity index (χ3n) is 4.29. The second-order valence-corrected chi connectivity index (χ2v) is 6.15. The molecule has 0 saturated carbocycles. The molecule has 29 heavy (non-hydrogen) atoms. The van der Waals surface area contributed by atoms with Crippen LogP contribution in [-0.2, 0) is 6.54 Å². The predicted molar refractivity (Wildman–Crippen MR) is 112 cm³/mol. The van der Waals surface area contributed by atoms with Gasteiger partial charge in [-0.1, -0.05) is 18.2 Å². The fraction of sp³-hybridized carbons (Fsp3) is 0.182. The van der Waals surface area contributed by atoms with Crippen molar-refractivity contribution in [3.8, 4) is 17.2 Å². The van der Waals surface area contributed by atoms with Crippen molar-refractivity contribution in [2.45, 2.75) is 6.54 Å². The highest BCUT2D eigenvalue weighted by atomic mass is 16.5. The first kappa shape index (κ1) is 20.0. The van der Waals surface area contributed by atoms with Gasteiger partial charge >= 0.3 is 0 Å². The topological polar surface area (TPSA) is 81.7 Å². The number of para-hydroxylation sites is 1. The molecule has 0 aliphatic rings. The number of nitrogens with one attached hydrogen (secondary N) is 2. The Morgan fingerprint density at radius 3 is 2.28 bits per heavy atom. The number of aromatic nitrogens is 1. The summed E-state index contributed by atoms with van der Waals surface area (Å²) in [5.41, 5.74) is 2.04. The van der Waals surface area contributed by atoms with E-state index in [9.17, 15) is 4.79 Å². The zero-order valence-electron chi connectivity index (χ0n) is 16.6. The molecule has 2 N–H and O–H groups in total. The highest BCUT2D eigenvalue weighted by molar-refractivity contribution is 6.04. The molecule has 0 fully saturated rings. The fourth-order valence-electron chi connectivity index (χ4n) is 2.75. The summed E-state index contributed by atoms with van der Waals surface area (Å²) >= 11 is 0. The highest BCUT2D eigenvalue weighted by Gasteiger charge is 2.11. The van der Waals surface area contributed by atoms with Crippen LogP contribution in [-0.4, -0.2) is 32.2 Å². The zero-order valence-corrected chi connectivity index (χ0v) is 16.6. The lowest BCUT2D eigenvalue weighted by Crippen LogP contribution is -2.12. The second-order valence-electron chi connectivity index (χ2n) is 6.15. The second kappa shape index (κ2) is 9.45. The quantitative estimate of drug-likeness (QED) is 0.603. The lowest BCUT2D eigenvalue weighted by Gasteiger charge is -2.11. The van der Waals surface area contributed by atoms with Crippen LogP contribution in [0.3, 0.4) is 0 Å². The molecule has 150 valence electrons. The lowest BCUT2D eigenvalue weighted by atomic mass is 10.2. The van der Waals surface area contributed by atoms with Crippen molar-refractivity contribution >= 4 is 17.4 Å². The molecule has 3 rings (SSSR count). The van der Waals surface area contributed by atoms with Crippen LogP contribution in [0.4, 0.5) is 11.5 Å². The van der Waals surface area contributed by atoms with Crippen LogP contribution in [0.1, 0.15) is 15.9 Å². The van der Waals surface area contributed by atoms with E-state index in [1.54, 1.807) is 43.6 Å². The molecule has 0 unspecified atom stereocenters. The van der Waals surface area contributed by atoms with Gasteiger partial charge in [-0.15, -0.1) is 0 Å². The molecule has 0 radical (unpaired) electrons. The summed E-state index contributed by atoms with van der Waals surface area (Å²) in [4.78, 5) is 16.9. The summed E-state index contributed by atoms with van der Waals surface area (Å²) in [5, 5.41) is 6.06. The van der Waals surface area contributed by atoms with Gasteiger partial charge in [-0.25, -0.2) is 4.98 Å². The first-order chi connectivity index (χ1) is 14.1. The third-order valence-corrected chi connectivity index (χ3v) is 4.29. The number of hydrogen-bond acceptors (Lipinski definition) is 6. The molecule has 0 bridgehead atoms. The molecule has 7 nitrogen and oxygen atoms in total. The van der Waals surface area contributed by atoms with Gasteiger partial charge in [0, 0.05) is 23.7 Å². The first-order valence-corrected chi connectivity index (χ1v) is 8.99. The third kappa shape index (κ3) is 5.16. The predicted octanol–water partition coefficient (Wildman–Crippen LogP) is 3.97. The van der Waals surface area contributed by atoms with Crippen molar-refractivity contribution in [3.63, 3.8) is 0 Å². The summed E-state index contributed by atoms with van der Waals surface area (Å²) < 4.78 is 15.8. The van der Waals surface area contributed by atoms with Gasteiger partial charge in [0.25, 0.3) is 5.91 Å². The van der Waals surface area contributed by atoms with Gasteiger partial charge in [-0.3, -0.25) is 4.79 Å². The maximum Gasteiger partial charge on any atom is 0.255 e. The van der Waals surface area contributed by atoms with Gasteiger partial charge < -0.3 is 24.8 Å². The highest BCUT2D eigenvalue weighted by Crippen LogP contribution is 2.23. The molecular formula is C22H23N3O4. The zero-order chi connectivity index (χ0) is 20.6. The SMILES string of the molecule is COc1cc(OC)cc(C(=O)Nc2ccc(NCc3ccccc3OC)nc2)c1. The Bertz CT molecular complexity index is 952. The van der Waals surface area contributed by atoms with Crippen LogP contribution in [0.15, 0.2) is 60.8 Å². The van der Waals surface area contributed by atoms with Gasteiger partial charge in [-0.2, -0.15) is 0 Å². The normalized spacial score (nSPS) is 10.2. The fourth-order valence-corrected chi connectivity index (χ4v) is 2.75. The van der Waals surface area contributed by atoms with E-state index in [0.717, 1.165) is 11.3 Å². The number of nitrogens with zero attached hydrogens (tertiary/aromatic N) is 1. The first-order valence-electron chi connectivity index (χ1n) is 8.99. The Balaban J connectivity index is 1.64. The van der Waals surface area contributed by atoms with E-state index in [4.69, 9.17) is 14.2 Å². The number of anilines is 2. The van der Waals surface area contributed by atoms with E-state index in [-0.39, 0.29) is 5.91 Å².